The van der Waals surface area contributed by atoms with Crippen molar-refractivity contribution in [2.45, 2.75) is 13.8 Å². The molecule has 88 valence electrons. The Labute approximate surface area is 106 Å². The lowest BCUT2D eigenvalue weighted by Gasteiger charge is -2.10. The van der Waals surface area contributed by atoms with Gasteiger partial charge in [-0.3, -0.25) is 0 Å². The van der Waals surface area contributed by atoms with Gasteiger partial charge in [-0.25, -0.2) is 0 Å². The Hall–Kier alpha value is -1.67. The Morgan fingerprint density at radius 2 is 1.76 bits per heavy atom. The zero-order chi connectivity index (χ0) is 12.4. The third kappa shape index (κ3) is 2.71. The van der Waals surface area contributed by atoms with Crippen LogP contribution in [0.4, 0.5) is 5.69 Å². The molecule has 0 saturated carbocycles. The summed E-state index contributed by atoms with van der Waals surface area (Å²) in [6, 6.07) is 11.1. The minimum absolute atomic E-state index is 0.577. The maximum atomic E-state index is 5.90. The van der Waals surface area contributed by atoms with Crippen molar-refractivity contribution in [2.24, 2.45) is 0 Å². The Kier molecular flexibility index (Phi) is 3.25. The average Bonchev–Trinajstić information content (AvgIpc) is 2.29. The summed E-state index contributed by atoms with van der Waals surface area (Å²) in [5.41, 5.74) is 8.81. The van der Waals surface area contributed by atoms with Gasteiger partial charge in [0.15, 0.2) is 5.75 Å². The summed E-state index contributed by atoms with van der Waals surface area (Å²) in [6.45, 7) is 4.11. The smallest absolute Gasteiger partial charge is 0.151 e. The van der Waals surface area contributed by atoms with Gasteiger partial charge in [-0.15, -0.1) is 0 Å². The highest BCUT2D eigenvalue weighted by atomic mass is 35.5. The standard InChI is InChI=1S/C14H14ClNO/c1-9-3-5-12(7-10(9)2)17-14-8-11(15)4-6-13(14)16/h3-8H,16H2,1-2H3. The molecule has 0 atom stereocenters. The molecule has 2 N–H and O–H groups in total. The van der Waals surface area contributed by atoms with Gasteiger partial charge in [0.2, 0.25) is 0 Å². The number of anilines is 1. The van der Waals surface area contributed by atoms with Crippen molar-refractivity contribution in [3.63, 3.8) is 0 Å². The van der Waals surface area contributed by atoms with Crippen LogP contribution in [0.5, 0.6) is 11.5 Å². The van der Waals surface area contributed by atoms with Crippen LogP contribution in [0.1, 0.15) is 11.1 Å². The van der Waals surface area contributed by atoms with Crippen LogP contribution < -0.4 is 10.5 Å². The van der Waals surface area contributed by atoms with Gasteiger partial charge in [-0.05, 0) is 49.2 Å². The first-order valence-corrected chi connectivity index (χ1v) is 5.74. The normalized spacial score (nSPS) is 10.3. The van der Waals surface area contributed by atoms with E-state index in [4.69, 9.17) is 22.1 Å². The monoisotopic (exact) mass is 247 g/mol. The zero-order valence-electron chi connectivity index (χ0n) is 9.83. The third-order valence-corrected chi connectivity index (χ3v) is 2.92. The summed E-state index contributed by atoms with van der Waals surface area (Å²) < 4.78 is 5.72. The quantitative estimate of drug-likeness (QED) is 0.802. The fourth-order valence-corrected chi connectivity index (χ4v) is 1.66. The van der Waals surface area contributed by atoms with Crippen LogP contribution in [0.3, 0.4) is 0 Å². The number of aryl methyl sites for hydroxylation is 2. The lowest BCUT2D eigenvalue weighted by Crippen LogP contribution is -1.92. The highest BCUT2D eigenvalue weighted by Crippen LogP contribution is 2.30. The SMILES string of the molecule is Cc1ccc(Oc2cc(Cl)ccc2N)cc1C. The van der Waals surface area contributed by atoms with Crippen molar-refractivity contribution >= 4 is 17.3 Å². The van der Waals surface area contributed by atoms with E-state index in [9.17, 15) is 0 Å². The maximum absolute atomic E-state index is 5.90. The summed E-state index contributed by atoms with van der Waals surface area (Å²) in [6.07, 6.45) is 0. The highest BCUT2D eigenvalue weighted by Gasteiger charge is 2.04. The third-order valence-electron chi connectivity index (χ3n) is 2.68. The molecule has 0 fully saturated rings. The Morgan fingerprint density at radius 1 is 1.00 bits per heavy atom. The van der Waals surface area contributed by atoms with Gasteiger partial charge in [-0.2, -0.15) is 0 Å². The van der Waals surface area contributed by atoms with Crippen molar-refractivity contribution in [1.29, 1.82) is 0 Å². The second-order valence-corrected chi connectivity index (χ2v) is 4.47. The average molecular weight is 248 g/mol. The number of nitrogens with two attached hydrogens (primary N) is 1. The molecule has 0 amide bonds. The van der Waals surface area contributed by atoms with Crippen LogP contribution >= 0.6 is 11.6 Å². The largest absolute Gasteiger partial charge is 0.455 e. The highest BCUT2D eigenvalue weighted by molar-refractivity contribution is 6.30. The molecule has 2 nitrogen and oxygen atoms in total. The molecular weight excluding hydrogens is 234 g/mol. The number of benzene rings is 2. The number of hydrogen-bond donors (Lipinski definition) is 1. The van der Waals surface area contributed by atoms with E-state index in [2.05, 4.69) is 6.92 Å². The van der Waals surface area contributed by atoms with E-state index in [1.54, 1.807) is 18.2 Å². The zero-order valence-corrected chi connectivity index (χ0v) is 10.6. The molecule has 0 aliphatic heterocycles. The number of halogens is 1. The first-order valence-electron chi connectivity index (χ1n) is 5.36. The van der Waals surface area contributed by atoms with Gasteiger partial charge in [0.05, 0.1) is 5.69 Å². The molecule has 2 aromatic carbocycles. The number of hydrogen-bond acceptors (Lipinski definition) is 2. The van der Waals surface area contributed by atoms with Gasteiger partial charge < -0.3 is 10.5 Å². The topological polar surface area (TPSA) is 35.2 Å². The van der Waals surface area contributed by atoms with Crippen molar-refractivity contribution in [3.8, 4) is 11.5 Å². The van der Waals surface area contributed by atoms with E-state index in [0.29, 0.717) is 16.5 Å². The van der Waals surface area contributed by atoms with E-state index >= 15 is 0 Å². The Balaban J connectivity index is 2.31. The summed E-state index contributed by atoms with van der Waals surface area (Å²) in [5, 5.41) is 0.609. The summed E-state index contributed by atoms with van der Waals surface area (Å²) >= 11 is 5.90. The van der Waals surface area contributed by atoms with Gasteiger partial charge >= 0.3 is 0 Å². The minimum atomic E-state index is 0.577. The van der Waals surface area contributed by atoms with Crippen LogP contribution in [0.25, 0.3) is 0 Å². The molecule has 3 heteroatoms. The Morgan fingerprint density at radius 3 is 2.47 bits per heavy atom. The second-order valence-electron chi connectivity index (χ2n) is 4.03. The molecular formula is C14H14ClNO. The first-order chi connectivity index (χ1) is 8.06. The molecule has 0 radical (unpaired) electrons. The van der Waals surface area contributed by atoms with Crippen LogP contribution in [-0.2, 0) is 0 Å². The molecule has 2 rings (SSSR count). The summed E-state index contributed by atoms with van der Waals surface area (Å²) in [7, 11) is 0. The maximum Gasteiger partial charge on any atom is 0.151 e. The number of rotatable bonds is 2. The van der Waals surface area contributed by atoms with Crippen molar-refractivity contribution in [1.82, 2.24) is 0 Å². The predicted octanol–water partition coefficient (Wildman–Crippen LogP) is 4.33. The molecule has 0 aliphatic carbocycles. The lowest BCUT2D eigenvalue weighted by molar-refractivity contribution is 0.484. The lowest BCUT2D eigenvalue weighted by atomic mass is 10.1. The fraction of sp³-hybridized carbons (Fsp3) is 0.143. The van der Waals surface area contributed by atoms with Gasteiger partial charge in [0.1, 0.15) is 5.75 Å². The molecule has 0 aliphatic rings. The van der Waals surface area contributed by atoms with Crippen LogP contribution in [0, 0.1) is 13.8 Å². The molecule has 0 aromatic heterocycles. The van der Waals surface area contributed by atoms with Crippen LogP contribution in [0.2, 0.25) is 5.02 Å². The molecule has 0 bridgehead atoms. The number of ether oxygens (including phenoxy) is 1. The van der Waals surface area contributed by atoms with Crippen molar-refractivity contribution < 1.29 is 4.74 Å². The van der Waals surface area contributed by atoms with Crippen LogP contribution in [-0.4, -0.2) is 0 Å². The Bertz CT molecular complexity index is 552. The second kappa shape index (κ2) is 4.68. The van der Waals surface area contributed by atoms with E-state index in [-0.39, 0.29) is 0 Å². The van der Waals surface area contributed by atoms with Crippen molar-refractivity contribution in [2.75, 3.05) is 5.73 Å². The van der Waals surface area contributed by atoms with Gasteiger partial charge in [0, 0.05) is 11.1 Å². The predicted molar refractivity (Wildman–Crippen MR) is 71.9 cm³/mol. The van der Waals surface area contributed by atoms with Crippen molar-refractivity contribution in [3.05, 3.63) is 52.5 Å². The van der Waals surface area contributed by atoms with E-state index in [1.807, 2.05) is 25.1 Å². The van der Waals surface area contributed by atoms with E-state index < -0.39 is 0 Å². The first kappa shape index (κ1) is 11.8. The molecule has 0 saturated heterocycles. The molecule has 0 heterocycles. The summed E-state index contributed by atoms with van der Waals surface area (Å²) in [5.74, 6) is 1.35. The fourth-order valence-electron chi connectivity index (χ4n) is 1.50. The van der Waals surface area contributed by atoms with Gasteiger partial charge in [0.25, 0.3) is 0 Å². The molecule has 0 spiro atoms. The van der Waals surface area contributed by atoms with Crippen LogP contribution in [0.15, 0.2) is 36.4 Å². The van der Waals surface area contributed by atoms with E-state index in [1.165, 1.54) is 11.1 Å². The molecule has 0 unspecified atom stereocenters. The number of nitrogen functional groups attached to an aromatic ring is 1. The molecule has 2 aromatic rings. The van der Waals surface area contributed by atoms with Gasteiger partial charge in [-0.1, -0.05) is 17.7 Å². The molecule has 17 heavy (non-hydrogen) atoms. The minimum Gasteiger partial charge on any atom is -0.455 e. The van der Waals surface area contributed by atoms with E-state index in [0.717, 1.165) is 5.75 Å². The summed E-state index contributed by atoms with van der Waals surface area (Å²) in [4.78, 5) is 0.